The number of pyridine rings is 1. The number of hydrogen-bond acceptors (Lipinski definition) is 4. The summed E-state index contributed by atoms with van der Waals surface area (Å²) in [6, 6.07) is 0.423. The highest BCUT2D eigenvalue weighted by molar-refractivity contribution is 9.10. The van der Waals surface area contributed by atoms with Gasteiger partial charge in [-0.15, -0.1) is 0 Å². The second-order valence-electron chi connectivity index (χ2n) is 4.56. The van der Waals surface area contributed by atoms with Gasteiger partial charge in [0.15, 0.2) is 0 Å². The molecule has 0 bridgehead atoms. The van der Waals surface area contributed by atoms with Crippen LogP contribution in [0.5, 0.6) is 0 Å². The molecule has 1 aromatic rings. The molecule has 1 unspecified atom stereocenters. The molecule has 1 aromatic heterocycles. The van der Waals surface area contributed by atoms with Crippen molar-refractivity contribution in [3.05, 3.63) is 21.9 Å². The SMILES string of the molecule is O=C(O)C1CCCCN1S(=O)(=O)Nc1cnc(Cl)c(Br)c1. The molecule has 0 aromatic carbocycles. The fraction of sp³-hybridized carbons (Fsp3) is 0.455. The zero-order valence-electron chi connectivity index (χ0n) is 10.8. The fourth-order valence-electron chi connectivity index (χ4n) is 2.12. The van der Waals surface area contributed by atoms with Gasteiger partial charge in [0.2, 0.25) is 0 Å². The number of piperidine rings is 1. The Bertz CT molecular complexity index is 655. The van der Waals surface area contributed by atoms with E-state index >= 15 is 0 Å². The quantitative estimate of drug-likeness (QED) is 0.757. The Hall–Kier alpha value is -0.900. The molecule has 0 spiro atoms. The Kier molecular flexibility index (Phi) is 5.07. The number of carboxylic acid groups (broad SMARTS) is 1. The molecule has 1 aliphatic rings. The van der Waals surface area contributed by atoms with Gasteiger partial charge in [0, 0.05) is 6.54 Å². The van der Waals surface area contributed by atoms with Gasteiger partial charge in [-0.1, -0.05) is 11.6 Å². The highest BCUT2D eigenvalue weighted by Gasteiger charge is 2.36. The van der Waals surface area contributed by atoms with E-state index in [1.807, 2.05) is 0 Å². The van der Waals surface area contributed by atoms with Crippen LogP contribution in [0.4, 0.5) is 5.69 Å². The van der Waals surface area contributed by atoms with Crippen LogP contribution in [0.2, 0.25) is 5.15 Å². The number of carbonyl (C=O) groups is 1. The second-order valence-corrected chi connectivity index (χ2v) is 7.40. The van der Waals surface area contributed by atoms with Crippen LogP contribution in [-0.4, -0.2) is 41.4 Å². The van der Waals surface area contributed by atoms with E-state index in [9.17, 15) is 13.2 Å². The maximum absolute atomic E-state index is 12.3. The zero-order valence-corrected chi connectivity index (χ0v) is 13.9. The monoisotopic (exact) mass is 397 g/mol. The van der Waals surface area contributed by atoms with Crippen LogP contribution >= 0.6 is 27.5 Å². The Balaban J connectivity index is 2.23. The first-order chi connectivity index (χ1) is 9.81. The molecule has 1 saturated heterocycles. The molecule has 21 heavy (non-hydrogen) atoms. The number of nitrogens with one attached hydrogen (secondary N) is 1. The molecule has 2 rings (SSSR count). The molecule has 0 radical (unpaired) electrons. The standard InChI is InChI=1S/C11H13BrClN3O4S/c12-8-5-7(6-14-10(8)13)15-21(19,20)16-4-2-1-3-9(16)11(17)18/h5-6,9,15H,1-4H2,(H,17,18). The molecule has 116 valence electrons. The molecule has 1 fully saturated rings. The van der Waals surface area contributed by atoms with Crippen LogP contribution in [0.15, 0.2) is 16.7 Å². The molecule has 7 nitrogen and oxygen atoms in total. The summed E-state index contributed by atoms with van der Waals surface area (Å²) in [5.41, 5.74) is 0.209. The number of aliphatic carboxylic acids is 1. The molecule has 0 saturated carbocycles. The van der Waals surface area contributed by atoms with E-state index in [0.29, 0.717) is 23.7 Å². The van der Waals surface area contributed by atoms with E-state index < -0.39 is 22.2 Å². The minimum absolute atomic E-state index is 0.175. The first kappa shape index (κ1) is 16.5. The maximum Gasteiger partial charge on any atom is 0.322 e. The predicted molar refractivity (Wildman–Crippen MR) is 81.5 cm³/mol. The Labute approximate surface area is 135 Å². The lowest BCUT2D eigenvalue weighted by molar-refractivity contribution is -0.142. The largest absolute Gasteiger partial charge is 0.480 e. The summed E-state index contributed by atoms with van der Waals surface area (Å²) < 4.78 is 28.4. The lowest BCUT2D eigenvalue weighted by atomic mass is 10.1. The average Bonchev–Trinajstić information content (AvgIpc) is 2.42. The summed E-state index contributed by atoms with van der Waals surface area (Å²) >= 11 is 8.89. The van der Waals surface area contributed by atoms with Crippen molar-refractivity contribution in [3.8, 4) is 0 Å². The van der Waals surface area contributed by atoms with Gasteiger partial charge in [-0.2, -0.15) is 12.7 Å². The molecule has 1 atom stereocenters. The van der Waals surface area contributed by atoms with Gasteiger partial charge in [0.05, 0.1) is 16.4 Å². The van der Waals surface area contributed by atoms with Crippen molar-refractivity contribution in [2.45, 2.75) is 25.3 Å². The summed E-state index contributed by atoms with van der Waals surface area (Å²) in [6.07, 6.45) is 2.90. The van der Waals surface area contributed by atoms with E-state index in [1.54, 1.807) is 0 Å². The highest BCUT2D eigenvalue weighted by Crippen LogP contribution is 2.26. The smallest absolute Gasteiger partial charge is 0.322 e. The Morgan fingerprint density at radius 1 is 1.52 bits per heavy atom. The summed E-state index contributed by atoms with van der Waals surface area (Å²) in [4.78, 5) is 15.0. The van der Waals surface area contributed by atoms with Crippen molar-refractivity contribution < 1.29 is 18.3 Å². The van der Waals surface area contributed by atoms with E-state index in [0.717, 1.165) is 4.31 Å². The van der Waals surface area contributed by atoms with Crippen LogP contribution in [-0.2, 0) is 15.0 Å². The van der Waals surface area contributed by atoms with Crippen molar-refractivity contribution in [1.29, 1.82) is 0 Å². The van der Waals surface area contributed by atoms with Crippen LogP contribution in [0, 0.1) is 0 Å². The normalized spacial score (nSPS) is 20.2. The number of hydrogen-bond donors (Lipinski definition) is 2. The first-order valence-corrected chi connectivity index (χ1v) is 8.76. The van der Waals surface area contributed by atoms with Crippen LogP contribution in [0.1, 0.15) is 19.3 Å². The van der Waals surface area contributed by atoms with Crippen molar-refractivity contribution in [3.63, 3.8) is 0 Å². The maximum atomic E-state index is 12.3. The van der Waals surface area contributed by atoms with E-state index in [4.69, 9.17) is 16.7 Å². The molecule has 0 aliphatic carbocycles. The number of aromatic nitrogens is 1. The molecular weight excluding hydrogens is 386 g/mol. The highest BCUT2D eigenvalue weighted by atomic mass is 79.9. The van der Waals surface area contributed by atoms with Crippen LogP contribution in [0.3, 0.4) is 0 Å². The van der Waals surface area contributed by atoms with Gasteiger partial charge in [-0.05, 0) is 41.3 Å². The lowest BCUT2D eigenvalue weighted by Crippen LogP contribution is -2.49. The third-order valence-corrected chi connectivity index (χ3v) is 5.77. The molecular formula is C11H13BrClN3O4S. The Morgan fingerprint density at radius 3 is 2.86 bits per heavy atom. The number of anilines is 1. The predicted octanol–water partition coefficient (Wildman–Crippen LogP) is 2.09. The first-order valence-electron chi connectivity index (χ1n) is 6.14. The van der Waals surface area contributed by atoms with Gasteiger partial charge in [-0.25, -0.2) is 4.98 Å². The third-order valence-electron chi connectivity index (χ3n) is 3.09. The van der Waals surface area contributed by atoms with Crippen molar-refractivity contribution >= 4 is 49.4 Å². The minimum Gasteiger partial charge on any atom is -0.480 e. The number of halogens is 2. The average molecular weight is 399 g/mol. The molecule has 1 aliphatic heterocycles. The van der Waals surface area contributed by atoms with Crippen molar-refractivity contribution in [2.24, 2.45) is 0 Å². The lowest BCUT2D eigenvalue weighted by Gasteiger charge is -2.31. The summed E-state index contributed by atoms with van der Waals surface area (Å²) in [7, 11) is -3.96. The Morgan fingerprint density at radius 2 is 2.24 bits per heavy atom. The topological polar surface area (TPSA) is 99.6 Å². The van der Waals surface area contributed by atoms with Gasteiger partial charge in [0.1, 0.15) is 11.2 Å². The second kappa shape index (κ2) is 6.47. The molecule has 2 heterocycles. The van der Waals surface area contributed by atoms with Crippen molar-refractivity contribution in [1.82, 2.24) is 9.29 Å². The minimum atomic E-state index is -3.96. The van der Waals surface area contributed by atoms with Gasteiger partial charge in [-0.3, -0.25) is 9.52 Å². The van der Waals surface area contributed by atoms with Crippen LogP contribution < -0.4 is 4.72 Å². The molecule has 0 amide bonds. The van der Waals surface area contributed by atoms with E-state index in [2.05, 4.69) is 25.6 Å². The van der Waals surface area contributed by atoms with E-state index in [1.165, 1.54) is 12.3 Å². The van der Waals surface area contributed by atoms with Gasteiger partial charge in [0.25, 0.3) is 0 Å². The van der Waals surface area contributed by atoms with Gasteiger partial charge < -0.3 is 5.11 Å². The molecule has 10 heteroatoms. The number of carboxylic acids is 1. The number of rotatable bonds is 4. The van der Waals surface area contributed by atoms with Crippen molar-refractivity contribution in [2.75, 3.05) is 11.3 Å². The third kappa shape index (κ3) is 3.85. The van der Waals surface area contributed by atoms with E-state index in [-0.39, 0.29) is 17.4 Å². The fourth-order valence-corrected chi connectivity index (χ4v) is 4.00. The number of nitrogens with zero attached hydrogens (tertiary/aromatic N) is 2. The van der Waals surface area contributed by atoms with Crippen LogP contribution in [0.25, 0.3) is 0 Å². The summed E-state index contributed by atoms with van der Waals surface area (Å²) in [5.74, 6) is -1.14. The summed E-state index contributed by atoms with van der Waals surface area (Å²) in [6.45, 7) is 0.175. The molecule has 2 N–H and O–H groups in total. The van der Waals surface area contributed by atoms with Gasteiger partial charge >= 0.3 is 16.2 Å². The zero-order chi connectivity index (χ0) is 15.6. The summed E-state index contributed by atoms with van der Waals surface area (Å²) in [5, 5.41) is 9.36.